The molecule has 1 fully saturated rings. The molecule has 0 aromatic carbocycles. The first-order chi connectivity index (χ1) is 7.22. The first-order valence-corrected chi connectivity index (χ1v) is 6.49. The minimum atomic E-state index is 0.253. The van der Waals surface area contributed by atoms with Gasteiger partial charge in [-0.25, -0.2) is 0 Å². The third kappa shape index (κ3) is 2.48. The summed E-state index contributed by atoms with van der Waals surface area (Å²) < 4.78 is 6.92. The van der Waals surface area contributed by atoms with Gasteiger partial charge in [-0.15, -0.1) is 11.3 Å². The van der Waals surface area contributed by atoms with Crippen LogP contribution in [0.5, 0.6) is 0 Å². The molecule has 0 amide bonds. The first kappa shape index (κ1) is 11.7. The molecule has 2 atom stereocenters. The molecule has 1 aliphatic rings. The van der Waals surface area contributed by atoms with Gasteiger partial charge in [0.2, 0.25) is 0 Å². The van der Waals surface area contributed by atoms with E-state index in [0.717, 1.165) is 33.9 Å². The Balaban J connectivity index is 2.21. The zero-order valence-corrected chi connectivity index (χ0v) is 10.8. The Morgan fingerprint density at radius 2 is 2.40 bits per heavy atom. The summed E-state index contributed by atoms with van der Waals surface area (Å²) in [6.45, 7) is 1.65. The van der Waals surface area contributed by atoms with Gasteiger partial charge < -0.3 is 10.1 Å². The van der Waals surface area contributed by atoms with Crippen LogP contribution in [-0.2, 0) is 4.74 Å². The SMILES string of the molecule is CNC(c1cc(Cl)sc1Cl)C1CCOC1. The van der Waals surface area contributed by atoms with E-state index in [1.807, 2.05) is 13.1 Å². The minimum absolute atomic E-state index is 0.253. The van der Waals surface area contributed by atoms with Crippen LogP contribution in [0.3, 0.4) is 0 Å². The molecule has 5 heteroatoms. The van der Waals surface area contributed by atoms with Crippen molar-refractivity contribution in [2.24, 2.45) is 5.92 Å². The number of hydrogen-bond acceptors (Lipinski definition) is 3. The molecule has 0 aliphatic carbocycles. The molecule has 1 saturated heterocycles. The fraction of sp³-hybridized carbons (Fsp3) is 0.600. The molecule has 2 heterocycles. The van der Waals surface area contributed by atoms with Crippen LogP contribution in [0.1, 0.15) is 18.0 Å². The third-order valence-corrected chi connectivity index (χ3v) is 4.28. The molecular weight excluding hydrogens is 253 g/mol. The summed E-state index contributed by atoms with van der Waals surface area (Å²) in [4.78, 5) is 0. The molecule has 2 unspecified atom stereocenters. The zero-order chi connectivity index (χ0) is 10.8. The highest BCUT2D eigenvalue weighted by molar-refractivity contribution is 7.20. The lowest BCUT2D eigenvalue weighted by molar-refractivity contribution is 0.178. The first-order valence-electron chi connectivity index (χ1n) is 4.92. The van der Waals surface area contributed by atoms with E-state index in [1.165, 1.54) is 11.3 Å². The van der Waals surface area contributed by atoms with Crippen LogP contribution in [0.4, 0.5) is 0 Å². The standard InChI is InChI=1S/C10H13Cl2NOS/c1-13-9(6-2-3-14-5-6)7-4-8(11)15-10(7)12/h4,6,9,13H,2-3,5H2,1H3. The Hall–Kier alpha value is 0.200. The summed E-state index contributed by atoms with van der Waals surface area (Å²) in [6.07, 6.45) is 1.08. The van der Waals surface area contributed by atoms with Crippen molar-refractivity contribution in [1.29, 1.82) is 0 Å². The monoisotopic (exact) mass is 265 g/mol. The van der Waals surface area contributed by atoms with Crippen LogP contribution in [-0.4, -0.2) is 20.3 Å². The fourth-order valence-electron chi connectivity index (χ4n) is 2.03. The van der Waals surface area contributed by atoms with Gasteiger partial charge in [-0.1, -0.05) is 23.2 Å². The second kappa shape index (κ2) is 5.02. The normalized spacial score (nSPS) is 23.3. The molecule has 1 aromatic heterocycles. The molecule has 84 valence electrons. The predicted octanol–water partition coefficient (Wildman–Crippen LogP) is 3.35. The van der Waals surface area contributed by atoms with Crippen LogP contribution in [0.2, 0.25) is 8.67 Å². The van der Waals surface area contributed by atoms with Crippen molar-refractivity contribution in [1.82, 2.24) is 5.32 Å². The van der Waals surface area contributed by atoms with Crippen molar-refractivity contribution in [3.8, 4) is 0 Å². The molecule has 0 bridgehead atoms. The fourth-order valence-corrected chi connectivity index (χ4v) is 3.58. The summed E-state index contributed by atoms with van der Waals surface area (Å²) in [7, 11) is 1.95. The van der Waals surface area contributed by atoms with Crippen molar-refractivity contribution in [3.05, 3.63) is 20.3 Å². The van der Waals surface area contributed by atoms with E-state index in [-0.39, 0.29) is 6.04 Å². The van der Waals surface area contributed by atoms with E-state index in [1.54, 1.807) is 0 Å². The van der Waals surface area contributed by atoms with Crippen LogP contribution >= 0.6 is 34.5 Å². The van der Waals surface area contributed by atoms with Gasteiger partial charge in [-0.2, -0.15) is 0 Å². The summed E-state index contributed by atoms with van der Waals surface area (Å²) in [5, 5.41) is 3.30. The Labute approximate surface area is 104 Å². The number of rotatable bonds is 3. The smallest absolute Gasteiger partial charge is 0.0992 e. The lowest BCUT2D eigenvalue weighted by Gasteiger charge is -2.21. The topological polar surface area (TPSA) is 21.3 Å². The zero-order valence-electron chi connectivity index (χ0n) is 8.43. The van der Waals surface area contributed by atoms with Crippen LogP contribution < -0.4 is 5.32 Å². The second-order valence-electron chi connectivity index (χ2n) is 3.67. The highest BCUT2D eigenvalue weighted by atomic mass is 35.5. The highest BCUT2D eigenvalue weighted by Gasteiger charge is 2.28. The summed E-state index contributed by atoms with van der Waals surface area (Å²) in [6, 6.07) is 2.21. The van der Waals surface area contributed by atoms with E-state index in [9.17, 15) is 0 Å². The molecule has 1 N–H and O–H groups in total. The lowest BCUT2D eigenvalue weighted by Crippen LogP contribution is -2.25. The molecule has 1 aliphatic heterocycles. The molecular formula is C10H13Cl2NOS. The Morgan fingerprint density at radius 1 is 1.60 bits per heavy atom. The van der Waals surface area contributed by atoms with E-state index < -0.39 is 0 Å². The Morgan fingerprint density at radius 3 is 2.87 bits per heavy atom. The van der Waals surface area contributed by atoms with Gasteiger partial charge in [-0.05, 0) is 19.5 Å². The van der Waals surface area contributed by atoms with Crippen molar-refractivity contribution < 1.29 is 4.74 Å². The van der Waals surface area contributed by atoms with E-state index in [2.05, 4.69) is 5.32 Å². The Kier molecular flexibility index (Phi) is 3.91. The number of halogens is 2. The molecule has 2 rings (SSSR count). The number of ether oxygens (including phenoxy) is 1. The van der Waals surface area contributed by atoms with E-state index in [4.69, 9.17) is 27.9 Å². The largest absolute Gasteiger partial charge is 0.381 e. The van der Waals surface area contributed by atoms with Gasteiger partial charge in [0, 0.05) is 24.1 Å². The Bertz CT molecular complexity index is 336. The molecule has 2 nitrogen and oxygen atoms in total. The number of thiophene rings is 1. The average Bonchev–Trinajstić information content (AvgIpc) is 2.79. The van der Waals surface area contributed by atoms with E-state index in [0.29, 0.717) is 5.92 Å². The van der Waals surface area contributed by atoms with Crippen molar-refractivity contribution in [2.75, 3.05) is 20.3 Å². The van der Waals surface area contributed by atoms with Gasteiger partial charge in [0.15, 0.2) is 0 Å². The quantitative estimate of drug-likeness (QED) is 0.905. The second-order valence-corrected chi connectivity index (χ2v) is 5.96. The van der Waals surface area contributed by atoms with Crippen LogP contribution in [0.15, 0.2) is 6.07 Å². The van der Waals surface area contributed by atoms with E-state index >= 15 is 0 Å². The molecule has 0 radical (unpaired) electrons. The molecule has 0 saturated carbocycles. The number of nitrogens with one attached hydrogen (secondary N) is 1. The minimum Gasteiger partial charge on any atom is -0.381 e. The maximum absolute atomic E-state index is 6.15. The summed E-state index contributed by atoms with van der Waals surface area (Å²) >= 11 is 13.5. The van der Waals surface area contributed by atoms with Crippen LogP contribution in [0.25, 0.3) is 0 Å². The van der Waals surface area contributed by atoms with Gasteiger partial charge in [0.25, 0.3) is 0 Å². The molecule has 1 aromatic rings. The van der Waals surface area contributed by atoms with Crippen molar-refractivity contribution in [3.63, 3.8) is 0 Å². The van der Waals surface area contributed by atoms with Gasteiger partial charge in [0.05, 0.1) is 15.3 Å². The van der Waals surface area contributed by atoms with Crippen molar-refractivity contribution in [2.45, 2.75) is 12.5 Å². The van der Waals surface area contributed by atoms with Gasteiger partial charge in [-0.3, -0.25) is 0 Å². The number of hydrogen-bond donors (Lipinski definition) is 1. The van der Waals surface area contributed by atoms with Gasteiger partial charge in [0.1, 0.15) is 0 Å². The molecule has 0 spiro atoms. The maximum atomic E-state index is 6.15. The molecule has 15 heavy (non-hydrogen) atoms. The van der Waals surface area contributed by atoms with Crippen molar-refractivity contribution >= 4 is 34.5 Å². The summed E-state index contributed by atoms with van der Waals surface area (Å²) in [5.41, 5.74) is 1.10. The van der Waals surface area contributed by atoms with Crippen LogP contribution in [0, 0.1) is 5.92 Å². The van der Waals surface area contributed by atoms with Gasteiger partial charge >= 0.3 is 0 Å². The predicted molar refractivity (Wildman–Crippen MR) is 65.1 cm³/mol. The lowest BCUT2D eigenvalue weighted by atomic mass is 9.94. The highest BCUT2D eigenvalue weighted by Crippen LogP contribution is 2.39. The maximum Gasteiger partial charge on any atom is 0.0992 e. The summed E-state index contributed by atoms with van der Waals surface area (Å²) in [5.74, 6) is 0.498. The third-order valence-electron chi connectivity index (χ3n) is 2.77. The average molecular weight is 266 g/mol.